The van der Waals surface area contributed by atoms with E-state index < -0.39 is 0 Å². The highest BCUT2D eigenvalue weighted by Gasteiger charge is 2.04. The fourth-order valence-electron chi connectivity index (χ4n) is 1.30. The monoisotopic (exact) mass is 254 g/mol. The second-order valence-corrected chi connectivity index (χ2v) is 4.09. The summed E-state index contributed by atoms with van der Waals surface area (Å²) in [4.78, 5) is 4.36. The van der Waals surface area contributed by atoms with Crippen LogP contribution in [0.3, 0.4) is 0 Å². The van der Waals surface area contributed by atoms with Crippen LogP contribution in [0.2, 0.25) is 5.02 Å². The number of nitrogens with zero attached hydrogens (tertiary/aromatic N) is 1. The Hall–Kier alpha value is -1.06. The lowest BCUT2D eigenvalue weighted by atomic mass is 10.3. The van der Waals surface area contributed by atoms with Gasteiger partial charge in [0.25, 0.3) is 0 Å². The second-order valence-electron chi connectivity index (χ2n) is 3.68. The number of nitrogens with one attached hydrogen (secondary N) is 1. The van der Waals surface area contributed by atoms with Crippen LogP contribution in [0.15, 0.2) is 24.8 Å². The van der Waals surface area contributed by atoms with E-state index in [4.69, 9.17) is 16.3 Å². The molecule has 0 saturated carbocycles. The average Bonchev–Trinajstić information content (AvgIpc) is 2.33. The molecular weight excluding hydrogens is 236 g/mol. The minimum atomic E-state index is 0.597. The highest BCUT2D eigenvalue weighted by atomic mass is 35.5. The Balaban J connectivity index is 2.55. The highest BCUT2D eigenvalue weighted by Crippen LogP contribution is 2.18. The Kier molecular flexibility index (Phi) is 6.67. The molecule has 0 atom stereocenters. The quantitative estimate of drug-likeness (QED) is 0.572. The molecule has 94 valence electrons. The fourth-order valence-corrected chi connectivity index (χ4v) is 1.47. The molecule has 0 fully saturated rings. The summed E-state index contributed by atoms with van der Waals surface area (Å²) >= 11 is 6.06. The zero-order chi connectivity index (χ0) is 12.5. The first-order valence-corrected chi connectivity index (χ1v) is 6.25. The molecule has 0 aromatic carbocycles. The molecule has 1 rings (SSSR count). The van der Waals surface area contributed by atoms with E-state index in [0.29, 0.717) is 24.1 Å². The SMILES string of the molecule is C=CCCOc1ccc(Cl)c(CNCCC)n1. The van der Waals surface area contributed by atoms with Gasteiger partial charge in [0.05, 0.1) is 17.3 Å². The summed E-state index contributed by atoms with van der Waals surface area (Å²) in [7, 11) is 0. The lowest BCUT2D eigenvalue weighted by Gasteiger charge is -2.08. The number of aromatic nitrogens is 1. The molecule has 4 heteroatoms. The lowest BCUT2D eigenvalue weighted by molar-refractivity contribution is 0.311. The van der Waals surface area contributed by atoms with Crippen molar-refractivity contribution >= 4 is 11.6 Å². The molecule has 0 amide bonds. The fraction of sp³-hybridized carbons (Fsp3) is 0.462. The van der Waals surface area contributed by atoms with Gasteiger partial charge in [-0.25, -0.2) is 4.98 Å². The van der Waals surface area contributed by atoms with Crippen LogP contribution in [0, 0.1) is 0 Å². The molecule has 3 nitrogen and oxygen atoms in total. The zero-order valence-corrected chi connectivity index (χ0v) is 11.0. The number of ether oxygens (including phenoxy) is 1. The number of rotatable bonds is 8. The minimum absolute atomic E-state index is 0.597. The highest BCUT2D eigenvalue weighted by molar-refractivity contribution is 6.31. The maximum atomic E-state index is 6.06. The summed E-state index contributed by atoms with van der Waals surface area (Å²) in [6, 6.07) is 3.61. The molecule has 1 aromatic heterocycles. The lowest BCUT2D eigenvalue weighted by Crippen LogP contribution is -2.15. The maximum absolute atomic E-state index is 6.06. The van der Waals surface area contributed by atoms with Gasteiger partial charge < -0.3 is 10.1 Å². The van der Waals surface area contributed by atoms with E-state index in [1.165, 1.54) is 0 Å². The zero-order valence-electron chi connectivity index (χ0n) is 10.2. The largest absolute Gasteiger partial charge is 0.477 e. The van der Waals surface area contributed by atoms with Crippen molar-refractivity contribution in [2.24, 2.45) is 0 Å². The van der Waals surface area contributed by atoms with E-state index in [-0.39, 0.29) is 0 Å². The Morgan fingerprint density at radius 3 is 3.06 bits per heavy atom. The van der Waals surface area contributed by atoms with Crippen molar-refractivity contribution in [3.05, 3.63) is 35.5 Å². The van der Waals surface area contributed by atoms with Gasteiger partial charge in [-0.15, -0.1) is 6.58 Å². The number of hydrogen-bond acceptors (Lipinski definition) is 3. The standard InChI is InChI=1S/C13H19ClN2O/c1-3-5-9-17-13-7-6-11(14)12(16-13)10-15-8-4-2/h3,6-7,15H,1,4-5,8-10H2,2H3. The third kappa shape index (κ3) is 5.20. The van der Waals surface area contributed by atoms with Gasteiger partial charge >= 0.3 is 0 Å². The smallest absolute Gasteiger partial charge is 0.213 e. The van der Waals surface area contributed by atoms with E-state index in [2.05, 4.69) is 23.8 Å². The first kappa shape index (κ1) is 14.0. The van der Waals surface area contributed by atoms with E-state index in [0.717, 1.165) is 25.1 Å². The molecule has 0 aliphatic heterocycles. The van der Waals surface area contributed by atoms with Crippen LogP contribution < -0.4 is 10.1 Å². The van der Waals surface area contributed by atoms with Crippen LogP contribution in [0.1, 0.15) is 25.5 Å². The Bertz CT molecular complexity index is 355. The van der Waals surface area contributed by atoms with Gasteiger partial charge in [0.2, 0.25) is 5.88 Å². The Morgan fingerprint density at radius 2 is 2.35 bits per heavy atom. The van der Waals surface area contributed by atoms with Crippen LogP contribution in [0.25, 0.3) is 0 Å². The third-order valence-electron chi connectivity index (χ3n) is 2.18. The summed E-state index contributed by atoms with van der Waals surface area (Å²) in [5.74, 6) is 0.615. The Morgan fingerprint density at radius 1 is 1.53 bits per heavy atom. The molecule has 0 aliphatic carbocycles. The molecule has 0 spiro atoms. The van der Waals surface area contributed by atoms with Crippen molar-refractivity contribution in [3.63, 3.8) is 0 Å². The second kappa shape index (κ2) is 8.09. The molecule has 1 aromatic rings. The first-order valence-electron chi connectivity index (χ1n) is 5.87. The third-order valence-corrected chi connectivity index (χ3v) is 2.53. The van der Waals surface area contributed by atoms with Gasteiger partial charge in [0, 0.05) is 12.6 Å². The molecule has 0 aliphatic rings. The van der Waals surface area contributed by atoms with Crippen molar-refractivity contribution in [3.8, 4) is 5.88 Å². The molecule has 1 N–H and O–H groups in total. The predicted molar refractivity (Wildman–Crippen MR) is 71.6 cm³/mol. The van der Waals surface area contributed by atoms with Crippen LogP contribution in [0.4, 0.5) is 0 Å². The first-order chi connectivity index (χ1) is 8.27. The molecule has 0 radical (unpaired) electrons. The maximum Gasteiger partial charge on any atom is 0.213 e. The summed E-state index contributed by atoms with van der Waals surface area (Å²) < 4.78 is 5.48. The predicted octanol–water partition coefficient (Wildman–Crippen LogP) is 3.19. The van der Waals surface area contributed by atoms with Crippen molar-refractivity contribution in [1.82, 2.24) is 10.3 Å². The summed E-state index contributed by atoms with van der Waals surface area (Å²) in [5, 5.41) is 3.94. The van der Waals surface area contributed by atoms with Crippen molar-refractivity contribution in [2.45, 2.75) is 26.3 Å². The van der Waals surface area contributed by atoms with Crippen LogP contribution >= 0.6 is 11.6 Å². The van der Waals surface area contributed by atoms with Gasteiger partial charge in [-0.1, -0.05) is 24.6 Å². The van der Waals surface area contributed by atoms with E-state index >= 15 is 0 Å². The number of halogens is 1. The van der Waals surface area contributed by atoms with Crippen molar-refractivity contribution < 1.29 is 4.74 Å². The van der Waals surface area contributed by atoms with Gasteiger partial charge in [-0.3, -0.25) is 0 Å². The van der Waals surface area contributed by atoms with Gasteiger partial charge in [0.15, 0.2) is 0 Å². The topological polar surface area (TPSA) is 34.1 Å². The summed E-state index contributed by atoms with van der Waals surface area (Å²) in [6.45, 7) is 7.99. The van der Waals surface area contributed by atoms with Gasteiger partial charge in [0.1, 0.15) is 0 Å². The van der Waals surface area contributed by atoms with Crippen LogP contribution in [-0.2, 0) is 6.54 Å². The van der Waals surface area contributed by atoms with Crippen molar-refractivity contribution in [1.29, 1.82) is 0 Å². The molecule has 0 bridgehead atoms. The van der Waals surface area contributed by atoms with Crippen molar-refractivity contribution in [2.75, 3.05) is 13.2 Å². The van der Waals surface area contributed by atoms with Crippen LogP contribution in [0.5, 0.6) is 5.88 Å². The van der Waals surface area contributed by atoms with E-state index in [9.17, 15) is 0 Å². The average molecular weight is 255 g/mol. The molecule has 1 heterocycles. The molecule has 17 heavy (non-hydrogen) atoms. The number of pyridine rings is 1. The van der Waals surface area contributed by atoms with E-state index in [1.54, 1.807) is 6.07 Å². The number of hydrogen-bond donors (Lipinski definition) is 1. The minimum Gasteiger partial charge on any atom is -0.477 e. The summed E-state index contributed by atoms with van der Waals surface area (Å²) in [5.41, 5.74) is 0.830. The van der Waals surface area contributed by atoms with Crippen LogP contribution in [-0.4, -0.2) is 18.1 Å². The Labute approximate surface area is 108 Å². The molecule has 0 unspecified atom stereocenters. The van der Waals surface area contributed by atoms with Gasteiger partial charge in [-0.05, 0) is 25.5 Å². The molecular formula is C13H19ClN2O. The normalized spacial score (nSPS) is 10.2. The summed E-state index contributed by atoms with van der Waals surface area (Å²) in [6.07, 6.45) is 3.72. The van der Waals surface area contributed by atoms with E-state index in [1.807, 2.05) is 12.1 Å². The van der Waals surface area contributed by atoms with Gasteiger partial charge in [-0.2, -0.15) is 0 Å². The molecule has 0 saturated heterocycles.